The molecule has 0 fully saturated rings. The Morgan fingerprint density at radius 1 is 0.650 bits per heavy atom. The normalized spacial score (nSPS) is 12.0. The van der Waals surface area contributed by atoms with Crippen molar-refractivity contribution in [3.63, 3.8) is 0 Å². The first-order chi connectivity index (χ1) is 9.74. The van der Waals surface area contributed by atoms with Crippen LogP contribution in [0.2, 0.25) is 6.04 Å². The first-order valence-electron chi connectivity index (χ1n) is 8.22. The Balaban J connectivity index is 3.82. The standard InChI is InChI=1S/C15H33ClO3Si/c1-4-17-20(18-5-2,19-6-3)15-13-11-9-7-8-10-12-14-16/h4-15H2,1-3H3. The minimum atomic E-state index is -2.39. The second-order valence-corrected chi connectivity index (χ2v) is 8.01. The number of hydrogen-bond acceptors (Lipinski definition) is 3. The van der Waals surface area contributed by atoms with E-state index in [1.54, 1.807) is 0 Å². The third-order valence-electron chi connectivity index (χ3n) is 3.21. The van der Waals surface area contributed by atoms with E-state index in [0.717, 1.165) is 24.8 Å². The van der Waals surface area contributed by atoms with Crippen molar-refractivity contribution in [3.8, 4) is 0 Å². The number of halogens is 1. The summed E-state index contributed by atoms with van der Waals surface area (Å²) in [5.74, 6) is 0.797. The largest absolute Gasteiger partial charge is 0.500 e. The van der Waals surface area contributed by atoms with Gasteiger partial charge in [0.15, 0.2) is 0 Å². The summed E-state index contributed by atoms with van der Waals surface area (Å²) in [4.78, 5) is 0. The van der Waals surface area contributed by atoms with Crippen LogP contribution in [0.3, 0.4) is 0 Å². The molecule has 0 aromatic heterocycles. The minimum Gasteiger partial charge on any atom is -0.374 e. The summed E-state index contributed by atoms with van der Waals surface area (Å²) in [5.41, 5.74) is 0. The molecule has 0 saturated heterocycles. The first kappa shape index (κ1) is 20.4. The molecule has 0 atom stereocenters. The van der Waals surface area contributed by atoms with Gasteiger partial charge in [0.2, 0.25) is 0 Å². The lowest BCUT2D eigenvalue weighted by atomic mass is 10.1. The zero-order chi connectivity index (χ0) is 15.1. The monoisotopic (exact) mass is 324 g/mol. The Hall–Kier alpha value is 0.387. The molecule has 3 nitrogen and oxygen atoms in total. The van der Waals surface area contributed by atoms with Gasteiger partial charge in [-0.1, -0.05) is 32.1 Å². The van der Waals surface area contributed by atoms with E-state index in [4.69, 9.17) is 24.9 Å². The van der Waals surface area contributed by atoms with Crippen LogP contribution in [0.5, 0.6) is 0 Å². The van der Waals surface area contributed by atoms with Gasteiger partial charge in [0.25, 0.3) is 0 Å². The molecular weight excluding hydrogens is 292 g/mol. The van der Waals surface area contributed by atoms with Gasteiger partial charge in [-0.3, -0.25) is 0 Å². The van der Waals surface area contributed by atoms with E-state index in [0.29, 0.717) is 19.8 Å². The summed E-state index contributed by atoms with van der Waals surface area (Å²) in [6.45, 7) is 8.05. The fourth-order valence-corrected chi connectivity index (χ4v) is 5.20. The van der Waals surface area contributed by atoms with Crippen molar-refractivity contribution in [2.75, 3.05) is 25.7 Å². The predicted octanol–water partition coefficient (Wildman–Crippen LogP) is 5.00. The number of unbranched alkanes of at least 4 members (excludes halogenated alkanes) is 6. The maximum atomic E-state index is 5.85. The van der Waals surface area contributed by atoms with Crippen LogP contribution < -0.4 is 0 Å². The van der Waals surface area contributed by atoms with Gasteiger partial charge in [-0.2, -0.15) is 0 Å². The molecule has 122 valence electrons. The Labute approximate surface area is 131 Å². The SMILES string of the molecule is CCO[Si](CCCCCCCCCCl)(OCC)OCC. The van der Waals surface area contributed by atoms with Gasteiger partial charge in [-0.15, -0.1) is 11.6 Å². The predicted molar refractivity (Wildman–Crippen MR) is 88.5 cm³/mol. The van der Waals surface area contributed by atoms with Crippen LogP contribution in [0.15, 0.2) is 0 Å². The van der Waals surface area contributed by atoms with Crippen LogP contribution in [-0.4, -0.2) is 34.5 Å². The van der Waals surface area contributed by atoms with E-state index >= 15 is 0 Å². The van der Waals surface area contributed by atoms with Crippen molar-refractivity contribution in [3.05, 3.63) is 0 Å². The molecule has 0 radical (unpaired) electrons. The molecule has 0 N–H and O–H groups in total. The highest BCUT2D eigenvalue weighted by molar-refractivity contribution is 6.60. The summed E-state index contributed by atoms with van der Waals surface area (Å²) in [5, 5.41) is 0. The molecule has 0 bridgehead atoms. The zero-order valence-corrected chi connectivity index (χ0v) is 15.3. The van der Waals surface area contributed by atoms with Gasteiger partial charge in [0.05, 0.1) is 0 Å². The number of hydrogen-bond donors (Lipinski definition) is 0. The Morgan fingerprint density at radius 2 is 1.05 bits per heavy atom. The highest BCUT2D eigenvalue weighted by atomic mass is 35.5. The Morgan fingerprint density at radius 3 is 1.45 bits per heavy atom. The van der Waals surface area contributed by atoms with Gasteiger partial charge in [-0.25, -0.2) is 0 Å². The molecule has 0 heterocycles. The van der Waals surface area contributed by atoms with Crippen LogP contribution in [0.1, 0.15) is 65.7 Å². The fourth-order valence-electron chi connectivity index (χ4n) is 2.32. The average molecular weight is 325 g/mol. The summed E-state index contributed by atoms with van der Waals surface area (Å²) in [7, 11) is -2.39. The van der Waals surface area contributed by atoms with Gasteiger partial charge in [-0.05, 0) is 33.6 Å². The molecular formula is C15H33ClO3Si. The third-order valence-corrected chi connectivity index (χ3v) is 6.63. The maximum absolute atomic E-state index is 5.85. The van der Waals surface area contributed by atoms with Crippen LogP contribution in [0.4, 0.5) is 0 Å². The first-order valence-corrected chi connectivity index (χ1v) is 10.7. The average Bonchev–Trinajstić information content (AvgIpc) is 2.43. The zero-order valence-electron chi connectivity index (χ0n) is 13.6. The fraction of sp³-hybridized carbons (Fsp3) is 1.00. The Kier molecular flexibility index (Phi) is 14.6. The molecule has 0 aromatic rings. The summed E-state index contributed by atoms with van der Waals surface area (Å²) < 4.78 is 17.5. The van der Waals surface area contributed by atoms with Gasteiger partial charge in [0.1, 0.15) is 0 Å². The van der Waals surface area contributed by atoms with Crippen molar-refractivity contribution in [1.82, 2.24) is 0 Å². The van der Waals surface area contributed by atoms with Gasteiger partial charge >= 0.3 is 8.80 Å². The molecule has 0 rings (SSSR count). The number of alkyl halides is 1. The van der Waals surface area contributed by atoms with E-state index in [1.165, 1.54) is 32.1 Å². The van der Waals surface area contributed by atoms with E-state index in [1.807, 2.05) is 20.8 Å². The highest BCUT2D eigenvalue weighted by Crippen LogP contribution is 2.20. The minimum absolute atomic E-state index is 0.671. The van der Waals surface area contributed by atoms with Crippen molar-refractivity contribution >= 4 is 20.4 Å². The lowest BCUT2D eigenvalue weighted by Crippen LogP contribution is -2.45. The highest BCUT2D eigenvalue weighted by Gasteiger charge is 2.39. The second kappa shape index (κ2) is 14.3. The Bertz CT molecular complexity index is 189. The molecule has 5 heteroatoms. The second-order valence-electron chi connectivity index (χ2n) is 4.90. The smallest absolute Gasteiger partial charge is 0.374 e. The molecule has 0 aromatic carbocycles. The molecule has 0 amide bonds. The van der Waals surface area contributed by atoms with E-state index in [2.05, 4.69) is 0 Å². The quantitative estimate of drug-likeness (QED) is 0.241. The summed E-state index contributed by atoms with van der Waals surface area (Å²) in [6.07, 6.45) is 8.69. The van der Waals surface area contributed by atoms with Crippen molar-refractivity contribution in [2.24, 2.45) is 0 Å². The summed E-state index contributed by atoms with van der Waals surface area (Å²) >= 11 is 5.67. The molecule has 0 saturated carbocycles. The molecule has 0 unspecified atom stereocenters. The van der Waals surface area contributed by atoms with Crippen molar-refractivity contribution in [1.29, 1.82) is 0 Å². The van der Waals surface area contributed by atoms with Crippen LogP contribution >= 0.6 is 11.6 Å². The van der Waals surface area contributed by atoms with Crippen LogP contribution in [-0.2, 0) is 13.3 Å². The molecule has 0 aliphatic rings. The maximum Gasteiger partial charge on any atom is 0.500 e. The number of rotatable bonds is 15. The lowest BCUT2D eigenvalue weighted by molar-refractivity contribution is 0.0706. The van der Waals surface area contributed by atoms with E-state index in [9.17, 15) is 0 Å². The third kappa shape index (κ3) is 10.2. The van der Waals surface area contributed by atoms with E-state index in [-0.39, 0.29) is 0 Å². The van der Waals surface area contributed by atoms with Crippen molar-refractivity contribution in [2.45, 2.75) is 71.8 Å². The van der Waals surface area contributed by atoms with Crippen molar-refractivity contribution < 1.29 is 13.3 Å². The molecule has 20 heavy (non-hydrogen) atoms. The topological polar surface area (TPSA) is 27.7 Å². The molecule has 0 aliphatic carbocycles. The molecule has 0 aliphatic heterocycles. The molecule has 0 spiro atoms. The van der Waals surface area contributed by atoms with Gasteiger partial charge in [0, 0.05) is 31.7 Å². The van der Waals surface area contributed by atoms with Crippen LogP contribution in [0, 0.1) is 0 Å². The van der Waals surface area contributed by atoms with Crippen LogP contribution in [0.25, 0.3) is 0 Å². The summed E-state index contributed by atoms with van der Waals surface area (Å²) in [6, 6.07) is 0.949. The lowest BCUT2D eigenvalue weighted by Gasteiger charge is -2.28. The van der Waals surface area contributed by atoms with E-state index < -0.39 is 8.80 Å². The van der Waals surface area contributed by atoms with Gasteiger partial charge < -0.3 is 13.3 Å².